The number of benzene rings is 1. The zero-order valence-corrected chi connectivity index (χ0v) is 18.6. The minimum Gasteiger partial charge on any atom is -0.475 e. The predicted octanol–water partition coefficient (Wildman–Crippen LogP) is 3.57. The lowest BCUT2D eigenvalue weighted by Crippen LogP contribution is -2.39. The third kappa shape index (κ3) is 12.4. The van der Waals surface area contributed by atoms with Crippen LogP contribution in [-0.4, -0.2) is 70.8 Å². The average molecular weight is 463 g/mol. The molecule has 184 valence electrons. The Morgan fingerprint density at radius 3 is 2.16 bits per heavy atom. The molecule has 9 heteroatoms. The van der Waals surface area contributed by atoms with Crippen LogP contribution < -0.4 is 5.32 Å². The van der Waals surface area contributed by atoms with Gasteiger partial charge in [0.1, 0.15) is 0 Å². The van der Waals surface area contributed by atoms with Crippen molar-refractivity contribution in [2.45, 2.75) is 76.2 Å². The van der Waals surface area contributed by atoms with E-state index >= 15 is 0 Å². The van der Waals surface area contributed by atoms with Crippen LogP contribution in [-0.2, 0) is 11.3 Å². The Morgan fingerprint density at radius 2 is 1.62 bits per heavy atom. The number of aliphatic carboxylic acids is 1. The first-order valence-corrected chi connectivity index (χ1v) is 11.3. The summed E-state index contributed by atoms with van der Waals surface area (Å²) in [5.41, 5.74) is 1.38. The maximum atomic E-state index is 10.6. The highest BCUT2D eigenvalue weighted by molar-refractivity contribution is 5.73. The molecule has 3 rings (SSSR count). The van der Waals surface area contributed by atoms with Gasteiger partial charge in [-0.3, -0.25) is 4.90 Å². The zero-order valence-electron chi connectivity index (χ0n) is 18.6. The molecule has 0 saturated carbocycles. The summed E-state index contributed by atoms with van der Waals surface area (Å²) in [4.78, 5) is 11.4. The lowest BCUT2D eigenvalue weighted by molar-refractivity contribution is -0.192. The molecule has 0 radical (unpaired) electrons. The minimum atomic E-state index is -5.08. The van der Waals surface area contributed by atoms with Crippen molar-refractivity contribution in [2.24, 2.45) is 0 Å². The van der Waals surface area contributed by atoms with Crippen LogP contribution in [0.4, 0.5) is 13.2 Å². The van der Waals surface area contributed by atoms with E-state index in [4.69, 9.17) is 20.1 Å². The predicted molar refractivity (Wildman–Crippen MR) is 117 cm³/mol. The van der Waals surface area contributed by atoms with E-state index in [1.807, 2.05) is 0 Å². The molecule has 0 aromatic heterocycles. The molecule has 2 atom stereocenters. The first-order valence-electron chi connectivity index (χ1n) is 11.3. The summed E-state index contributed by atoms with van der Waals surface area (Å²) in [6.07, 6.45) is 4.52. The molecule has 2 fully saturated rings. The number of likely N-dealkylation sites (tertiary alicyclic amines) is 1. The molecule has 2 aliphatic rings. The molecule has 2 aliphatic heterocycles. The Hall–Kier alpha value is -1.68. The van der Waals surface area contributed by atoms with Gasteiger partial charge in [-0.1, -0.05) is 43.2 Å². The van der Waals surface area contributed by atoms with Crippen molar-refractivity contribution in [2.75, 3.05) is 26.3 Å². The van der Waals surface area contributed by atoms with Crippen LogP contribution in [0.25, 0.3) is 0 Å². The molecule has 0 amide bonds. The summed E-state index contributed by atoms with van der Waals surface area (Å²) in [6, 6.07) is 11.8. The monoisotopic (exact) mass is 462 g/mol. The van der Waals surface area contributed by atoms with Crippen LogP contribution >= 0.6 is 0 Å². The number of alkyl halides is 3. The second-order valence-corrected chi connectivity index (χ2v) is 8.08. The van der Waals surface area contributed by atoms with E-state index in [2.05, 4.69) is 40.5 Å². The van der Waals surface area contributed by atoms with Gasteiger partial charge < -0.3 is 20.6 Å². The Morgan fingerprint density at radius 1 is 1.00 bits per heavy atom. The largest absolute Gasteiger partial charge is 0.490 e. The highest BCUT2D eigenvalue weighted by atomic mass is 19.4. The fraction of sp³-hybridized carbons (Fsp3) is 0.696. The number of aliphatic hydroxyl groups excluding tert-OH is 2. The van der Waals surface area contributed by atoms with Crippen molar-refractivity contribution in [1.29, 1.82) is 0 Å². The van der Waals surface area contributed by atoms with E-state index in [1.54, 1.807) is 0 Å². The fourth-order valence-electron chi connectivity index (χ4n) is 3.89. The highest BCUT2D eigenvalue weighted by Gasteiger charge is 2.38. The minimum absolute atomic E-state index is 0.315. The number of carboxylic acids is 1. The van der Waals surface area contributed by atoms with Crippen LogP contribution in [0.1, 0.15) is 56.9 Å². The Balaban J connectivity index is 0.000000271. The lowest BCUT2D eigenvalue weighted by atomic mass is 9.99. The zero-order chi connectivity index (χ0) is 23.8. The number of hydrogen-bond acceptors (Lipinski definition) is 5. The maximum Gasteiger partial charge on any atom is 0.490 e. The van der Waals surface area contributed by atoms with E-state index in [0.29, 0.717) is 25.3 Å². The van der Waals surface area contributed by atoms with Crippen molar-refractivity contribution in [3.05, 3.63) is 35.9 Å². The highest BCUT2D eigenvalue weighted by Crippen LogP contribution is 2.21. The van der Waals surface area contributed by atoms with Gasteiger partial charge in [-0.15, -0.1) is 0 Å². The second kappa shape index (κ2) is 16.0. The van der Waals surface area contributed by atoms with Crippen molar-refractivity contribution in [1.82, 2.24) is 10.2 Å². The Bertz CT molecular complexity index is 606. The van der Waals surface area contributed by atoms with E-state index in [1.165, 1.54) is 50.6 Å². The fourth-order valence-corrected chi connectivity index (χ4v) is 3.89. The molecule has 2 saturated heterocycles. The molecule has 2 heterocycles. The number of carboxylic acid groups (broad SMARTS) is 1. The van der Waals surface area contributed by atoms with Gasteiger partial charge in [0.2, 0.25) is 0 Å². The molecule has 4 N–H and O–H groups in total. The molecule has 0 bridgehead atoms. The number of aliphatic hydroxyl groups is 2. The lowest BCUT2D eigenvalue weighted by Gasteiger charge is -2.35. The standard InChI is InChI=1S/C14H21NO.C7H15NO.C2HF3O2/c16-11-9-14-8-4-5-10-15(14)12-13-6-2-1-3-7-13;9-6-4-7-3-1-2-5-8-7;3-2(4,5)1(6)7/h1-3,6-7,14,16H,4-5,8-12H2;7-9H,1-6H2;(H,6,7)/t14-;7-;/m00./s1. The second-order valence-electron chi connectivity index (χ2n) is 8.08. The van der Waals surface area contributed by atoms with E-state index in [0.717, 1.165) is 25.9 Å². The number of carbonyl (C=O) groups is 1. The number of nitrogens with one attached hydrogen (secondary N) is 1. The van der Waals surface area contributed by atoms with Gasteiger partial charge in [0.15, 0.2) is 0 Å². The van der Waals surface area contributed by atoms with E-state index < -0.39 is 12.1 Å². The van der Waals surface area contributed by atoms with Crippen LogP contribution in [0.15, 0.2) is 30.3 Å². The summed E-state index contributed by atoms with van der Waals surface area (Å²) >= 11 is 0. The number of halogens is 3. The molecule has 32 heavy (non-hydrogen) atoms. The average Bonchev–Trinajstić information content (AvgIpc) is 2.77. The SMILES string of the molecule is O=C(O)C(F)(F)F.OCC[C@@H]1CCCCN1.OCC[C@@H]1CCCCN1Cc1ccccc1. The van der Waals surface area contributed by atoms with Gasteiger partial charge in [-0.2, -0.15) is 13.2 Å². The normalized spacial score (nSPS) is 21.5. The third-order valence-corrected chi connectivity index (χ3v) is 5.57. The number of hydrogen-bond donors (Lipinski definition) is 4. The van der Waals surface area contributed by atoms with E-state index in [9.17, 15) is 13.2 Å². The van der Waals surface area contributed by atoms with Crippen LogP contribution in [0.3, 0.4) is 0 Å². The molecule has 1 aromatic carbocycles. The smallest absolute Gasteiger partial charge is 0.475 e. The summed E-state index contributed by atoms with van der Waals surface area (Å²) < 4.78 is 31.7. The first kappa shape index (κ1) is 28.4. The summed E-state index contributed by atoms with van der Waals surface area (Å²) in [5, 5.41) is 28.1. The topological polar surface area (TPSA) is 93.0 Å². The summed E-state index contributed by atoms with van der Waals surface area (Å²) in [6.45, 7) is 4.00. The number of nitrogens with zero attached hydrogens (tertiary/aromatic N) is 1. The molecule has 0 spiro atoms. The molecular formula is C23H37F3N2O4. The third-order valence-electron chi connectivity index (χ3n) is 5.57. The summed E-state index contributed by atoms with van der Waals surface area (Å²) in [7, 11) is 0. The van der Waals surface area contributed by atoms with Crippen molar-refractivity contribution in [3.8, 4) is 0 Å². The quantitative estimate of drug-likeness (QED) is 0.517. The van der Waals surface area contributed by atoms with E-state index in [-0.39, 0.29) is 0 Å². The first-order chi connectivity index (χ1) is 15.3. The molecule has 0 unspecified atom stereocenters. The van der Waals surface area contributed by atoms with Crippen molar-refractivity contribution in [3.63, 3.8) is 0 Å². The Kier molecular flexibility index (Phi) is 14.2. The summed E-state index contributed by atoms with van der Waals surface area (Å²) in [5.74, 6) is -2.76. The van der Waals surface area contributed by atoms with Gasteiger partial charge in [0.25, 0.3) is 0 Å². The molecular weight excluding hydrogens is 425 g/mol. The number of piperidine rings is 2. The van der Waals surface area contributed by atoms with Gasteiger partial charge in [0.05, 0.1) is 0 Å². The van der Waals surface area contributed by atoms with Crippen molar-refractivity contribution < 1.29 is 33.3 Å². The molecule has 6 nitrogen and oxygen atoms in total. The molecule has 0 aliphatic carbocycles. The van der Waals surface area contributed by atoms with Gasteiger partial charge in [0, 0.05) is 31.8 Å². The Labute approximate surface area is 188 Å². The van der Waals surface area contributed by atoms with Crippen LogP contribution in [0.2, 0.25) is 0 Å². The number of rotatable bonds is 6. The van der Waals surface area contributed by atoms with Crippen molar-refractivity contribution >= 4 is 5.97 Å². The van der Waals surface area contributed by atoms with Crippen LogP contribution in [0.5, 0.6) is 0 Å². The maximum absolute atomic E-state index is 10.6. The van der Waals surface area contributed by atoms with Gasteiger partial charge in [-0.25, -0.2) is 4.79 Å². The van der Waals surface area contributed by atoms with Crippen LogP contribution in [0, 0.1) is 0 Å². The van der Waals surface area contributed by atoms with Gasteiger partial charge >= 0.3 is 12.1 Å². The molecule has 1 aromatic rings. The van der Waals surface area contributed by atoms with Gasteiger partial charge in [-0.05, 0) is 57.2 Å².